The average Bonchev–Trinajstić information content (AvgIpc) is 3.47. The zero-order chi connectivity index (χ0) is 20.5. The van der Waals surface area contributed by atoms with Crippen molar-refractivity contribution in [2.24, 2.45) is 4.99 Å². The van der Waals surface area contributed by atoms with E-state index in [9.17, 15) is 4.79 Å². The minimum absolute atomic E-state index is 0. The number of nitrogens with zero attached hydrogens (tertiary/aromatic N) is 2. The summed E-state index contributed by atoms with van der Waals surface area (Å²) in [4.78, 5) is 18.8. The Morgan fingerprint density at radius 2 is 1.90 bits per heavy atom. The Kier molecular flexibility index (Phi) is 10.2. The van der Waals surface area contributed by atoms with Crippen LogP contribution >= 0.6 is 24.0 Å². The Balaban J connectivity index is 0.00000320. The number of rotatable bonds is 8. The molecule has 3 rings (SSSR count). The lowest BCUT2D eigenvalue weighted by Gasteiger charge is -2.26. The van der Waals surface area contributed by atoms with Gasteiger partial charge >= 0.3 is 0 Å². The molecule has 0 aliphatic carbocycles. The van der Waals surface area contributed by atoms with E-state index in [1.807, 2.05) is 36.4 Å². The van der Waals surface area contributed by atoms with E-state index in [0.717, 1.165) is 43.5 Å². The molecule has 1 aliphatic heterocycles. The van der Waals surface area contributed by atoms with Gasteiger partial charge in [-0.3, -0.25) is 9.69 Å². The highest BCUT2D eigenvalue weighted by Crippen LogP contribution is 2.24. The number of hydrogen-bond donors (Lipinski definition) is 3. The molecular formula is C22H32IN5O2. The Morgan fingerprint density at radius 1 is 1.17 bits per heavy atom. The lowest BCUT2D eigenvalue weighted by Crippen LogP contribution is -2.42. The highest BCUT2D eigenvalue weighted by Gasteiger charge is 2.25. The highest BCUT2D eigenvalue weighted by molar-refractivity contribution is 14.0. The molecule has 0 bridgehead atoms. The molecule has 1 amide bonds. The molecule has 7 nitrogen and oxygen atoms in total. The number of aliphatic imine (C=N–C) groups is 1. The van der Waals surface area contributed by atoms with Gasteiger partial charge in [0.25, 0.3) is 5.91 Å². The quantitative estimate of drug-likeness (QED) is 0.280. The molecule has 30 heavy (non-hydrogen) atoms. The second-order valence-corrected chi connectivity index (χ2v) is 7.13. The third-order valence-electron chi connectivity index (χ3n) is 5.12. The topological polar surface area (TPSA) is 81.9 Å². The molecule has 0 saturated carbocycles. The van der Waals surface area contributed by atoms with Gasteiger partial charge in [0, 0.05) is 25.7 Å². The van der Waals surface area contributed by atoms with Crippen molar-refractivity contribution >= 4 is 35.8 Å². The van der Waals surface area contributed by atoms with Gasteiger partial charge < -0.3 is 20.4 Å². The maximum atomic E-state index is 11.7. The first-order chi connectivity index (χ1) is 14.2. The third kappa shape index (κ3) is 6.73. The molecule has 1 aromatic heterocycles. The van der Waals surface area contributed by atoms with E-state index in [1.165, 1.54) is 12.8 Å². The van der Waals surface area contributed by atoms with Crippen LogP contribution in [0.25, 0.3) is 0 Å². The van der Waals surface area contributed by atoms with Gasteiger partial charge in [0.2, 0.25) is 0 Å². The van der Waals surface area contributed by atoms with Gasteiger partial charge in [-0.1, -0.05) is 12.1 Å². The van der Waals surface area contributed by atoms with Crippen molar-refractivity contribution in [3.8, 4) is 0 Å². The van der Waals surface area contributed by atoms with E-state index in [0.29, 0.717) is 12.1 Å². The van der Waals surface area contributed by atoms with Crippen molar-refractivity contribution in [2.45, 2.75) is 32.4 Å². The molecule has 1 saturated heterocycles. The standard InChI is InChI=1S/C22H31N5O2.HI/c1-3-24-22(25-15-17-8-10-18(11-9-17)21(28)23-2)26-16-19(20-7-6-14-29-20)27-12-4-5-13-27;/h6-11,14,19H,3-5,12-13,15-16H2,1-2H3,(H,23,28)(H2,24,25,26);1H. The number of carbonyl (C=O) groups is 1. The predicted molar refractivity (Wildman–Crippen MR) is 130 cm³/mol. The Labute approximate surface area is 195 Å². The molecule has 0 radical (unpaired) electrons. The van der Waals surface area contributed by atoms with E-state index in [1.54, 1.807) is 13.3 Å². The summed E-state index contributed by atoms with van der Waals surface area (Å²) in [5.41, 5.74) is 1.70. The van der Waals surface area contributed by atoms with Crippen LogP contribution in [0.15, 0.2) is 52.1 Å². The summed E-state index contributed by atoms with van der Waals surface area (Å²) in [6, 6.07) is 11.7. The van der Waals surface area contributed by atoms with Gasteiger partial charge in [-0.25, -0.2) is 4.99 Å². The van der Waals surface area contributed by atoms with Crippen molar-refractivity contribution in [1.29, 1.82) is 0 Å². The fourth-order valence-corrected chi connectivity index (χ4v) is 3.56. The van der Waals surface area contributed by atoms with Gasteiger partial charge in [0.05, 0.1) is 18.8 Å². The molecule has 1 aromatic carbocycles. The first kappa shape index (κ1) is 24.2. The molecule has 2 heterocycles. The molecule has 1 atom stereocenters. The summed E-state index contributed by atoms with van der Waals surface area (Å²) in [6.45, 7) is 6.31. The lowest BCUT2D eigenvalue weighted by atomic mass is 10.1. The number of amides is 1. The average molecular weight is 525 g/mol. The van der Waals surface area contributed by atoms with Crippen LogP contribution in [0.1, 0.15) is 47.5 Å². The first-order valence-electron chi connectivity index (χ1n) is 10.3. The monoisotopic (exact) mass is 525 g/mol. The second kappa shape index (κ2) is 12.6. The van der Waals surface area contributed by atoms with Crippen LogP contribution in [0.5, 0.6) is 0 Å². The molecular weight excluding hydrogens is 493 g/mol. The van der Waals surface area contributed by atoms with Crippen molar-refractivity contribution in [1.82, 2.24) is 20.9 Å². The summed E-state index contributed by atoms with van der Waals surface area (Å²) in [5, 5.41) is 9.41. The fourth-order valence-electron chi connectivity index (χ4n) is 3.56. The minimum atomic E-state index is -0.0825. The highest BCUT2D eigenvalue weighted by atomic mass is 127. The van der Waals surface area contributed by atoms with Crippen LogP contribution in [0.4, 0.5) is 0 Å². The molecule has 1 fully saturated rings. The third-order valence-corrected chi connectivity index (χ3v) is 5.12. The van der Waals surface area contributed by atoms with Gasteiger partial charge in [-0.2, -0.15) is 0 Å². The number of benzene rings is 1. The van der Waals surface area contributed by atoms with Crippen LogP contribution in [-0.4, -0.2) is 50.0 Å². The van der Waals surface area contributed by atoms with E-state index < -0.39 is 0 Å². The number of furan rings is 1. The van der Waals surface area contributed by atoms with E-state index in [2.05, 4.69) is 27.8 Å². The minimum Gasteiger partial charge on any atom is -0.468 e. The van der Waals surface area contributed by atoms with Crippen LogP contribution in [0.2, 0.25) is 0 Å². The van der Waals surface area contributed by atoms with Gasteiger partial charge in [-0.15, -0.1) is 24.0 Å². The SMILES string of the molecule is CCNC(=NCc1ccc(C(=O)NC)cc1)NCC(c1ccco1)N1CCCC1.I. The van der Waals surface area contributed by atoms with Gasteiger partial charge in [0.1, 0.15) is 5.76 Å². The fraction of sp³-hybridized carbons (Fsp3) is 0.455. The number of hydrogen-bond acceptors (Lipinski definition) is 4. The molecule has 164 valence electrons. The van der Waals surface area contributed by atoms with E-state index in [4.69, 9.17) is 9.41 Å². The van der Waals surface area contributed by atoms with Crippen molar-refractivity contribution in [3.05, 3.63) is 59.5 Å². The molecule has 8 heteroatoms. The first-order valence-corrected chi connectivity index (χ1v) is 10.3. The number of nitrogens with one attached hydrogen (secondary N) is 3. The van der Waals surface area contributed by atoms with Crippen molar-refractivity contribution < 1.29 is 9.21 Å². The number of carbonyl (C=O) groups excluding carboxylic acids is 1. The van der Waals surface area contributed by atoms with Gasteiger partial charge in [0.15, 0.2) is 5.96 Å². The summed E-state index contributed by atoms with van der Waals surface area (Å²) in [6.07, 6.45) is 4.20. The summed E-state index contributed by atoms with van der Waals surface area (Å²) < 4.78 is 5.69. The Bertz CT molecular complexity index is 786. The van der Waals surface area contributed by atoms with Crippen LogP contribution in [0.3, 0.4) is 0 Å². The molecule has 0 spiro atoms. The zero-order valence-corrected chi connectivity index (χ0v) is 20.0. The largest absolute Gasteiger partial charge is 0.468 e. The van der Waals surface area contributed by atoms with Crippen molar-refractivity contribution in [3.63, 3.8) is 0 Å². The normalized spacial score (nSPS) is 15.3. The molecule has 1 aliphatic rings. The lowest BCUT2D eigenvalue weighted by molar-refractivity contribution is 0.0963. The summed E-state index contributed by atoms with van der Waals surface area (Å²) >= 11 is 0. The molecule has 3 N–H and O–H groups in total. The van der Waals surface area contributed by atoms with Crippen molar-refractivity contribution in [2.75, 3.05) is 33.2 Å². The van der Waals surface area contributed by atoms with Crippen LogP contribution in [-0.2, 0) is 6.54 Å². The van der Waals surface area contributed by atoms with Crippen LogP contribution < -0.4 is 16.0 Å². The zero-order valence-electron chi connectivity index (χ0n) is 17.7. The van der Waals surface area contributed by atoms with Gasteiger partial charge in [-0.05, 0) is 62.7 Å². The Hall–Kier alpha value is -2.07. The maximum absolute atomic E-state index is 11.7. The molecule has 2 aromatic rings. The number of likely N-dealkylation sites (tertiary alicyclic amines) is 1. The maximum Gasteiger partial charge on any atom is 0.251 e. The summed E-state index contributed by atoms with van der Waals surface area (Å²) in [7, 11) is 1.63. The Morgan fingerprint density at radius 3 is 2.50 bits per heavy atom. The predicted octanol–water partition coefficient (Wildman–Crippen LogP) is 3.15. The van der Waals surface area contributed by atoms with E-state index >= 15 is 0 Å². The van der Waals surface area contributed by atoms with Crippen LogP contribution in [0, 0.1) is 0 Å². The molecule has 1 unspecified atom stereocenters. The second-order valence-electron chi connectivity index (χ2n) is 7.13. The number of halogens is 1. The number of guanidine groups is 1. The van der Waals surface area contributed by atoms with E-state index in [-0.39, 0.29) is 35.9 Å². The summed E-state index contributed by atoms with van der Waals surface area (Å²) in [5.74, 6) is 1.68. The smallest absolute Gasteiger partial charge is 0.251 e.